The minimum atomic E-state index is 0.0716. The number of nitrogens with one attached hydrogen (secondary N) is 1. The third kappa shape index (κ3) is 2.47. The third-order valence-corrected chi connectivity index (χ3v) is 2.63. The van der Waals surface area contributed by atoms with E-state index in [4.69, 9.17) is 9.47 Å². The second-order valence-electron chi connectivity index (χ2n) is 5.05. The first-order valence-electron chi connectivity index (χ1n) is 5.64. The molecule has 0 saturated carbocycles. The summed E-state index contributed by atoms with van der Waals surface area (Å²) in [4.78, 5) is 0. The van der Waals surface area contributed by atoms with Crippen LogP contribution in [-0.4, -0.2) is 20.3 Å². The molecule has 0 bridgehead atoms. The Morgan fingerprint density at radius 2 is 1.88 bits per heavy atom. The zero-order chi connectivity index (χ0) is 11.6. The molecule has 1 heterocycles. The van der Waals surface area contributed by atoms with Crippen LogP contribution in [-0.2, 0) is 6.54 Å². The van der Waals surface area contributed by atoms with Gasteiger partial charge in [-0.05, 0) is 24.7 Å². The van der Waals surface area contributed by atoms with E-state index in [1.807, 2.05) is 19.2 Å². The average molecular weight is 221 g/mol. The summed E-state index contributed by atoms with van der Waals surface area (Å²) in [5.41, 5.74) is 1.28. The largest absolute Gasteiger partial charge is 0.489 e. The lowest BCUT2D eigenvalue weighted by Gasteiger charge is -2.19. The van der Waals surface area contributed by atoms with Gasteiger partial charge in [-0.2, -0.15) is 0 Å². The van der Waals surface area contributed by atoms with Crippen LogP contribution in [0.2, 0.25) is 0 Å². The van der Waals surface area contributed by atoms with Crippen LogP contribution in [0.1, 0.15) is 19.4 Å². The Morgan fingerprint density at radius 1 is 1.19 bits per heavy atom. The van der Waals surface area contributed by atoms with Gasteiger partial charge in [0.25, 0.3) is 0 Å². The van der Waals surface area contributed by atoms with Crippen LogP contribution in [0.5, 0.6) is 11.5 Å². The van der Waals surface area contributed by atoms with Gasteiger partial charge in [-0.15, -0.1) is 0 Å². The van der Waals surface area contributed by atoms with E-state index in [1.54, 1.807) is 0 Å². The van der Waals surface area contributed by atoms with Crippen LogP contribution >= 0.6 is 0 Å². The smallest absolute Gasteiger partial charge is 0.161 e. The van der Waals surface area contributed by atoms with E-state index in [-0.39, 0.29) is 5.41 Å². The van der Waals surface area contributed by atoms with Crippen LogP contribution in [0, 0.1) is 5.41 Å². The van der Waals surface area contributed by atoms with Crippen molar-refractivity contribution >= 4 is 0 Å². The molecule has 1 aliphatic rings. The molecule has 0 aromatic heterocycles. The Bertz CT molecular complexity index is 374. The molecule has 0 aliphatic carbocycles. The number of hydrogen-bond acceptors (Lipinski definition) is 3. The molecule has 0 fully saturated rings. The number of ether oxygens (including phenoxy) is 2. The first-order valence-corrected chi connectivity index (χ1v) is 5.64. The molecule has 0 atom stereocenters. The zero-order valence-electron chi connectivity index (χ0n) is 10.2. The summed E-state index contributed by atoms with van der Waals surface area (Å²) in [6.45, 7) is 6.54. The lowest BCUT2D eigenvalue weighted by molar-refractivity contribution is 0.140. The highest BCUT2D eigenvalue weighted by atomic mass is 16.5. The highest BCUT2D eigenvalue weighted by molar-refractivity contribution is 5.43. The molecule has 0 unspecified atom stereocenters. The number of hydrogen-bond donors (Lipinski definition) is 1. The summed E-state index contributed by atoms with van der Waals surface area (Å²) in [5, 5.41) is 3.13. The van der Waals surface area contributed by atoms with Gasteiger partial charge in [-0.3, -0.25) is 0 Å². The SMILES string of the molecule is CNCc1ccc2c(c1)OCC(C)(C)CO2. The fraction of sp³-hybridized carbons (Fsp3) is 0.538. The van der Waals surface area contributed by atoms with E-state index in [0.717, 1.165) is 18.0 Å². The third-order valence-electron chi connectivity index (χ3n) is 2.63. The topological polar surface area (TPSA) is 30.5 Å². The number of rotatable bonds is 2. The average Bonchev–Trinajstić information content (AvgIpc) is 2.39. The second-order valence-corrected chi connectivity index (χ2v) is 5.05. The summed E-state index contributed by atoms with van der Waals surface area (Å²) in [6.07, 6.45) is 0. The van der Waals surface area contributed by atoms with Gasteiger partial charge in [-0.25, -0.2) is 0 Å². The highest BCUT2D eigenvalue weighted by Crippen LogP contribution is 2.34. The van der Waals surface area contributed by atoms with Crippen LogP contribution < -0.4 is 14.8 Å². The van der Waals surface area contributed by atoms with Crippen molar-refractivity contribution in [2.45, 2.75) is 20.4 Å². The van der Waals surface area contributed by atoms with Gasteiger partial charge < -0.3 is 14.8 Å². The van der Waals surface area contributed by atoms with E-state index >= 15 is 0 Å². The highest BCUT2D eigenvalue weighted by Gasteiger charge is 2.25. The molecule has 0 radical (unpaired) electrons. The molecule has 16 heavy (non-hydrogen) atoms. The van der Waals surface area contributed by atoms with Gasteiger partial charge in [0, 0.05) is 12.0 Å². The normalized spacial score (nSPS) is 17.9. The maximum absolute atomic E-state index is 5.80. The number of fused-ring (bicyclic) bond motifs is 1. The van der Waals surface area contributed by atoms with Crippen molar-refractivity contribution < 1.29 is 9.47 Å². The molecule has 1 aliphatic heterocycles. The van der Waals surface area contributed by atoms with Crippen molar-refractivity contribution in [3.63, 3.8) is 0 Å². The van der Waals surface area contributed by atoms with Crippen LogP contribution in [0.3, 0.4) is 0 Å². The standard InChI is InChI=1S/C13H19NO2/c1-13(2)8-15-11-5-4-10(7-14-3)6-12(11)16-9-13/h4-6,14H,7-9H2,1-3H3. The van der Waals surface area contributed by atoms with E-state index in [0.29, 0.717) is 13.2 Å². The van der Waals surface area contributed by atoms with Crippen molar-refractivity contribution in [3.05, 3.63) is 23.8 Å². The molecule has 3 heteroatoms. The zero-order valence-corrected chi connectivity index (χ0v) is 10.2. The second kappa shape index (κ2) is 4.34. The Kier molecular flexibility index (Phi) is 3.06. The Morgan fingerprint density at radius 3 is 2.56 bits per heavy atom. The van der Waals surface area contributed by atoms with Gasteiger partial charge >= 0.3 is 0 Å². The fourth-order valence-corrected chi connectivity index (χ4v) is 1.69. The molecule has 1 N–H and O–H groups in total. The van der Waals surface area contributed by atoms with Gasteiger partial charge in [0.2, 0.25) is 0 Å². The maximum atomic E-state index is 5.80. The van der Waals surface area contributed by atoms with Crippen molar-refractivity contribution in [2.75, 3.05) is 20.3 Å². The predicted octanol–water partition coefficient (Wildman–Crippen LogP) is 2.20. The Hall–Kier alpha value is -1.22. The Labute approximate surface area is 96.8 Å². The minimum absolute atomic E-state index is 0.0716. The molecule has 0 saturated heterocycles. The van der Waals surface area contributed by atoms with Crippen molar-refractivity contribution in [1.29, 1.82) is 0 Å². The molecule has 0 amide bonds. The molecular weight excluding hydrogens is 202 g/mol. The fourth-order valence-electron chi connectivity index (χ4n) is 1.69. The van der Waals surface area contributed by atoms with E-state index in [9.17, 15) is 0 Å². The quantitative estimate of drug-likeness (QED) is 0.830. The summed E-state index contributed by atoms with van der Waals surface area (Å²) in [5.74, 6) is 1.71. The number of benzene rings is 1. The molecular formula is C13H19NO2. The summed E-state index contributed by atoms with van der Waals surface area (Å²) >= 11 is 0. The summed E-state index contributed by atoms with van der Waals surface area (Å²) in [6, 6.07) is 6.10. The van der Waals surface area contributed by atoms with Crippen molar-refractivity contribution in [1.82, 2.24) is 5.32 Å². The molecule has 1 aromatic carbocycles. The van der Waals surface area contributed by atoms with Crippen LogP contribution in [0.4, 0.5) is 0 Å². The van der Waals surface area contributed by atoms with Gasteiger partial charge in [0.1, 0.15) is 0 Å². The lowest BCUT2D eigenvalue weighted by Crippen LogP contribution is -2.26. The van der Waals surface area contributed by atoms with Crippen LogP contribution in [0.15, 0.2) is 18.2 Å². The molecule has 3 nitrogen and oxygen atoms in total. The lowest BCUT2D eigenvalue weighted by atomic mass is 9.97. The van der Waals surface area contributed by atoms with Gasteiger partial charge in [0.15, 0.2) is 11.5 Å². The molecule has 88 valence electrons. The van der Waals surface area contributed by atoms with Crippen molar-refractivity contribution in [3.8, 4) is 11.5 Å². The van der Waals surface area contributed by atoms with E-state index in [1.165, 1.54) is 5.56 Å². The first kappa shape index (κ1) is 11.3. The van der Waals surface area contributed by atoms with E-state index in [2.05, 4.69) is 25.2 Å². The van der Waals surface area contributed by atoms with Crippen molar-refractivity contribution in [2.24, 2.45) is 5.41 Å². The summed E-state index contributed by atoms with van der Waals surface area (Å²) < 4.78 is 11.5. The first-order chi connectivity index (χ1) is 7.61. The molecule has 1 aromatic rings. The monoisotopic (exact) mass is 221 g/mol. The van der Waals surface area contributed by atoms with Gasteiger partial charge in [-0.1, -0.05) is 19.9 Å². The minimum Gasteiger partial charge on any atom is -0.489 e. The molecule has 2 rings (SSSR count). The maximum Gasteiger partial charge on any atom is 0.161 e. The van der Waals surface area contributed by atoms with Gasteiger partial charge in [0.05, 0.1) is 13.2 Å². The predicted molar refractivity (Wildman–Crippen MR) is 64.0 cm³/mol. The summed E-state index contributed by atoms with van der Waals surface area (Å²) in [7, 11) is 1.94. The Balaban J connectivity index is 2.21. The van der Waals surface area contributed by atoms with E-state index < -0.39 is 0 Å². The van der Waals surface area contributed by atoms with Crippen LogP contribution in [0.25, 0.3) is 0 Å². The molecule has 0 spiro atoms.